The molecular weight excluding hydrogens is 1030 g/mol. The summed E-state index contributed by atoms with van der Waals surface area (Å²) in [7, 11) is -5.08. The van der Waals surface area contributed by atoms with Gasteiger partial charge in [-0.3, -0.25) is 9.35 Å². The first-order valence-electron chi connectivity index (χ1n) is 34.6. The van der Waals surface area contributed by atoms with Crippen LogP contribution in [0.1, 0.15) is 354 Å². The Morgan fingerprint density at radius 2 is 0.800 bits per heavy atom. The summed E-state index contributed by atoms with van der Waals surface area (Å²) in [5, 5.41) is 45.2. The molecule has 1 fully saturated rings. The van der Waals surface area contributed by atoms with Gasteiger partial charge in [0.25, 0.3) is 0 Å². The van der Waals surface area contributed by atoms with Gasteiger partial charge in [-0.25, -0.2) is 4.18 Å². The highest BCUT2D eigenvalue weighted by molar-refractivity contribution is 7.80. The molecular formula is C67H131NO11S. The maximum absolute atomic E-state index is 13.2. The Morgan fingerprint density at radius 1 is 0.487 bits per heavy atom. The van der Waals surface area contributed by atoms with Crippen LogP contribution in [0.15, 0.2) is 12.2 Å². The largest absolute Gasteiger partial charge is 0.397 e. The van der Waals surface area contributed by atoms with E-state index in [2.05, 4.69) is 35.5 Å². The molecule has 0 radical (unpaired) electrons. The number of carbonyl (C=O) groups is 1. The fourth-order valence-corrected chi connectivity index (χ4v) is 12.0. The number of allylic oxidation sites excluding steroid dienone is 2. The predicted octanol–water partition coefficient (Wildman–Crippen LogP) is 17.7. The van der Waals surface area contributed by atoms with Crippen molar-refractivity contribution < 1.29 is 51.8 Å². The van der Waals surface area contributed by atoms with Crippen molar-refractivity contribution in [2.45, 2.75) is 397 Å². The fraction of sp³-hybridized carbons (Fsp3) is 0.955. The number of rotatable bonds is 62. The molecule has 7 atom stereocenters. The zero-order valence-electron chi connectivity index (χ0n) is 52.2. The first-order valence-corrected chi connectivity index (χ1v) is 35.9. The van der Waals surface area contributed by atoms with E-state index >= 15 is 0 Å². The standard InChI is InChI=1S/C67H131NO11S/c1-3-5-7-9-11-13-15-17-19-21-22-23-24-25-26-27-28-29-30-31-32-33-34-35-36-37-38-39-40-41-43-45-47-49-51-53-55-57-63(71)68-60(59-77-67-65(73)66(79-80(74,75)76)64(72)62(58-69)78-67)61(70)56-54-52-50-48-46-44-42-20-18-16-14-12-10-8-6-4-2/h29-30,60-62,64-67,69-70,72-73H,3-28,31-59H2,1-2H3,(H,68,71)(H,74,75,76)/b30-29-. The van der Waals surface area contributed by atoms with Gasteiger partial charge in [0.05, 0.1) is 25.4 Å². The lowest BCUT2D eigenvalue weighted by molar-refractivity contribution is -0.298. The number of hydrogen-bond donors (Lipinski definition) is 6. The summed E-state index contributed by atoms with van der Waals surface area (Å²) < 4.78 is 48.0. The third-order valence-electron chi connectivity index (χ3n) is 16.8. The van der Waals surface area contributed by atoms with Crippen LogP contribution in [0.4, 0.5) is 0 Å². The van der Waals surface area contributed by atoms with Crippen LogP contribution in [0.5, 0.6) is 0 Å². The molecule has 13 heteroatoms. The van der Waals surface area contributed by atoms with Crippen molar-refractivity contribution >= 4 is 16.3 Å². The number of aliphatic hydroxyl groups is 4. The Kier molecular flexibility index (Phi) is 54.7. The zero-order chi connectivity index (χ0) is 58.3. The minimum Gasteiger partial charge on any atom is -0.394 e. The van der Waals surface area contributed by atoms with E-state index in [1.54, 1.807) is 0 Å². The summed E-state index contributed by atoms with van der Waals surface area (Å²) in [6.07, 6.45) is 62.6. The Labute approximate surface area is 493 Å². The highest BCUT2D eigenvalue weighted by Crippen LogP contribution is 2.27. The van der Waals surface area contributed by atoms with Crippen molar-refractivity contribution in [3.8, 4) is 0 Å². The number of ether oxygens (including phenoxy) is 2. The summed E-state index contributed by atoms with van der Waals surface area (Å²) >= 11 is 0. The van der Waals surface area contributed by atoms with E-state index < -0.39 is 59.9 Å². The van der Waals surface area contributed by atoms with Gasteiger partial charge in [0.15, 0.2) is 6.29 Å². The SMILES string of the molecule is CCCCCCCCCCCCCCCCCC/C=C\CCCCCCCCCCCCCCCCCCCC(=O)NC(COC1OC(CO)C(O)C(OS(=O)(=O)O)C1O)C(O)CCCCCCCCCCCCCCCCCC. The summed E-state index contributed by atoms with van der Waals surface area (Å²) in [6, 6.07) is -0.856. The van der Waals surface area contributed by atoms with E-state index in [0.29, 0.717) is 12.8 Å². The average Bonchev–Trinajstić information content (AvgIpc) is 3.43. The van der Waals surface area contributed by atoms with E-state index in [1.807, 2.05) is 0 Å². The number of unbranched alkanes of at least 4 members (excludes halogenated alkanes) is 48. The first-order chi connectivity index (χ1) is 39.0. The molecule has 1 aliphatic heterocycles. The highest BCUT2D eigenvalue weighted by atomic mass is 32.3. The molecule has 0 aromatic heterocycles. The van der Waals surface area contributed by atoms with Crippen LogP contribution in [0.25, 0.3) is 0 Å². The van der Waals surface area contributed by atoms with Crippen molar-refractivity contribution in [2.24, 2.45) is 0 Å². The monoisotopic (exact) mass is 1160 g/mol. The topological polar surface area (TPSA) is 192 Å². The molecule has 80 heavy (non-hydrogen) atoms. The lowest BCUT2D eigenvalue weighted by Gasteiger charge is -2.41. The van der Waals surface area contributed by atoms with Gasteiger partial charge in [-0.2, -0.15) is 8.42 Å². The molecule has 0 spiro atoms. The molecule has 0 bridgehead atoms. The van der Waals surface area contributed by atoms with Crippen LogP contribution >= 0.6 is 0 Å². The molecule has 1 heterocycles. The first kappa shape index (κ1) is 76.9. The van der Waals surface area contributed by atoms with E-state index in [1.165, 1.54) is 276 Å². The van der Waals surface area contributed by atoms with Crippen molar-refractivity contribution in [3.63, 3.8) is 0 Å². The second-order valence-electron chi connectivity index (χ2n) is 24.5. The third kappa shape index (κ3) is 48.1. The molecule has 1 aliphatic rings. The maximum atomic E-state index is 13.2. The molecule has 1 saturated heterocycles. The van der Waals surface area contributed by atoms with Crippen LogP contribution in [-0.2, 0) is 28.9 Å². The smallest absolute Gasteiger partial charge is 0.394 e. The van der Waals surface area contributed by atoms with Crippen LogP contribution in [-0.4, -0.2) is 95.4 Å². The minimum atomic E-state index is -5.08. The van der Waals surface area contributed by atoms with Crippen LogP contribution in [0.2, 0.25) is 0 Å². The second-order valence-corrected chi connectivity index (χ2v) is 25.5. The number of amides is 1. The number of aliphatic hydroxyl groups excluding tert-OH is 4. The van der Waals surface area contributed by atoms with Crippen molar-refractivity contribution in [1.82, 2.24) is 5.32 Å². The molecule has 0 aliphatic carbocycles. The highest BCUT2D eigenvalue weighted by Gasteiger charge is 2.48. The molecule has 0 aromatic carbocycles. The van der Waals surface area contributed by atoms with Gasteiger partial charge >= 0.3 is 10.4 Å². The van der Waals surface area contributed by atoms with Crippen molar-refractivity contribution in [2.75, 3.05) is 13.2 Å². The zero-order valence-corrected chi connectivity index (χ0v) is 53.0. The molecule has 12 nitrogen and oxygen atoms in total. The average molecular weight is 1160 g/mol. The van der Waals surface area contributed by atoms with Crippen molar-refractivity contribution in [3.05, 3.63) is 12.2 Å². The maximum Gasteiger partial charge on any atom is 0.397 e. The molecule has 7 unspecified atom stereocenters. The second kappa shape index (κ2) is 56.9. The number of nitrogens with one attached hydrogen (secondary N) is 1. The van der Waals surface area contributed by atoms with E-state index in [0.717, 1.165) is 51.4 Å². The Morgan fingerprint density at radius 3 is 1.12 bits per heavy atom. The Balaban J connectivity index is 2.15. The van der Waals surface area contributed by atoms with Gasteiger partial charge in [0.1, 0.15) is 24.4 Å². The summed E-state index contributed by atoms with van der Waals surface area (Å²) in [4.78, 5) is 13.2. The summed E-state index contributed by atoms with van der Waals surface area (Å²) in [6.45, 7) is 3.51. The van der Waals surface area contributed by atoms with Gasteiger partial charge in [-0.15, -0.1) is 0 Å². The molecule has 476 valence electrons. The molecule has 0 saturated carbocycles. The van der Waals surface area contributed by atoms with Gasteiger partial charge in [-0.1, -0.05) is 321 Å². The van der Waals surface area contributed by atoms with Gasteiger partial charge in [0.2, 0.25) is 5.91 Å². The van der Waals surface area contributed by atoms with Crippen LogP contribution in [0.3, 0.4) is 0 Å². The summed E-state index contributed by atoms with van der Waals surface area (Å²) in [5.41, 5.74) is 0. The quantitative estimate of drug-likeness (QED) is 0.0193. The van der Waals surface area contributed by atoms with Crippen LogP contribution < -0.4 is 5.32 Å². The molecule has 1 amide bonds. The van der Waals surface area contributed by atoms with E-state index in [4.69, 9.17) is 9.47 Å². The molecule has 6 N–H and O–H groups in total. The Hall–Kier alpha value is -1.16. The normalized spacial score (nSPS) is 18.6. The Bertz CT molecular complexity index is 1450. The van der Waals surface area contributed by atoms with E-state index in [-0.39, 0.29) is 12.5 Å². The third-order valence-corrected chi connectivity index (χ3v) is 17.3. The van der Waals surface area contributed by atoms with Gasteiger partial charge in [-0.05, 0) is 38.5 Å². The molecule has 0 aromatic rings. The fourth-order valence-electron chi connectivity index (χ4n) is 11.5. The van der Waals surface area contributed by atoms with E-state index in [9.17, 15) is 38.2 Å². The lowest BCUT2D eigenvalue weighted by Crippen LogP contribution is -2.61. The van der Waals surface area contributed by atoms with Gasteiger partial charge < -0.3 is 35.2 Å². The van der Waals surface area contributed by atoms with Crippen LogP contribution in [0, 0.1) is 0 Å². The minimum absolute atomic E-state index is 0.222. The number of hydrogen-bond acceptors (Lipinski definition) is 10. The molecule has 1 rings (SSSR count). The number of carbonyl (C=O) groups excluding carboxylic acids is 1. The lowest BCUT2D eigenvalue weighted by atomic mass is 9.99. The predicted molar refractivity (Wildman–Crippen MR) is 333 cm³/mol. The summed E-state index contributed by atoms with van der Waals surface area (Å²) in [5.74, 6) is -0.222. The van der Waals surface area contributed by atoms with Crippen molar-refractivity contribution in [1.29, 1.82) is 0 Å². The van der Waals surface area contributed by atoms with Gasteiger partial charge in [0, 0.05) is 6.42 Å².